The van der Waals surface area contributed by atoms with E-state index in [0.29, 0.717) is 0 Å². The summed E-state index contributed by atoms with van der Waals surface area (Å²) in [5.41, 5.74) is 15.6. The van der Waals surface area contributed by atoms with Crippen molar-refractivity contribution in [2.24, 2.45) is 0 Å². The van der Waals surface area contributed by atoms with E-state index >= 15 is 0 Å². The van der Waals surface area contributed by atoms with E-state index < -0.39 is 0 Å². The molecule has 0 saturated heterocycles. The number of hydrogen-bond donors (Lipinski definition) is 0. The summed E-state index contributed by atoms with van der Waals surface area (Å²) in [4.78, 5) is 2.47. The fourth-order valence-corrected chi connectivity index (χ4v) is 10.6. The lowest BCUT2D eigenvalue weighted by atomic mass is 9.76. The van der Waals surface area contributed by atoms with Crippen LogP contribution in [0.25, 0.3) is 71.3 Å². The van der Waals surface area contributed by atoms with Gasteiger partial charge in [-0.05, 0) is 117 Å². The standard InChI is InChI=1S/C55H40N2/c1-2-15-40(16-3-1)57-52-23-11-9-21-48(52)49-31-29-42(36-54(49)57)56(53-35-39-14-4-5-17-43(39)44-18-6-7-20-47(44)53)41-27-24-37(25-28-41)38-26-30-46-45-19-8-10-22-50(45)55(51(46)34-38)32-12-13-33-55/h1-11,14-31,34-36H,12-13,32-33H2. The van der Waals surface area contributed by atoms with Crippen LogP contribution >= 0.6 is 0 Å². The summed E-state index contributed by atoms with van der Waals surface area (Å²) in [7, 11) is 0. The molecule has 0 unspecified atom stereocenters. The molecule has 2 heteroatoms. The summed E-state index contributed by atoms with van der Waals surface area (Å²) in [5.74, 6) is 0. The lowest BCUT2D eigenvalue weighted by Gasteiger charge is -2.28. The molecule has 0 atom stereocenters. The van der Waals surface area contributed by atoms with Crippen LogP contribution in [0.5, 0.6) is 0 Å². The quantitative estimate of drug-likeness (QED) is 0.160. The average Bonchev–Trinajstić information content (AvgIpc) is 3.98. The minimum atomic E-state index is 0.149. The highest BCUT2D eigenvalue weighted by Gasteiger charge is 2.44. The lowest BCUT2D eigenvalue weighted by molar-refractivity contribution is 0.550. The zero-order valence-corrected chi connectivity index (χ0v) is 31.7. The molecule has 2 aliphatic carbocycles. The first-order valence-corrected chi connectivity index (χ1v) is 20.4. The van der Waals surface area contributed by atoms with Gasteiger partial charge < -0.3 is 9.47 Å². The SMILES string of the molecule is c1ccc(-n2c3ccccc3c3ccc(N(c4ccc(-c5ccc6c(c5)C5(CCCC5)c5ccccc5-6)cc4)c4cc5ccccc5c5ccccc45)cc32)cc1. The third kappa shape index (κ3) is 4.83. The van der Waals surface area contributed by atoms with Crippen molar-refractivity contribution in [1.82, 2.24) is 4.57 Å². The van der Waals surface area contributed by atoms with E-state index in [9.17, 15) is 0 Å². The monoisotopic (exact) mass is 728 g/mol. The summed E-state index contributed by atoms with van der Waals surface area (Å²) in [5, 5.41) is 7.48. The first-order chi connectivity index (χ1) is 28.2. The molecule has 0 aliphatic heterocycles. The first-order valence-electron chi connectivity index (χ1n) is 20.4. The molecular weight excluding hydrogens is 689 g/mol. The molecule has 0 radical (unpaired) electrons. The predicted octanol–water partition coefficient (Wildman–Crippen LogP) is 15.1. The third-order valence-corrected chi connectivity index (χ3v) is 13.1. The Hall–Kier alpha value is -6.90. The van der Waals surface area contributed by atoms with Crippen LogP contribution in [0.1, 0.15) is 36.8 Å². The van der Waals surface area contributed by atoms with Crippen LogP contribution < -0.4 is 4.90 Å². The number of para-hydroxylation sites is 2. The van der Waals surface area contributed by atoms with Crippen molar-refractivity contribution in [2.75, 3.05) is 4.90 Å². The summed E-state index contributed by atoms with van der Waals surface area (Å²) in [6.07, 6.45) is 5.07. The van der Waals surface area contributed by atoms with Crippen molar-refractivity contribution in [2.45, 2.75) is 31.1 Å². The van der Waals surface area contributed by atoms with Gasteiger partial charge in [-0.3, -0.25) is 0 Å². The summed E-state index contributed by atoms with van der Waals surface area (Å²) in [6.45, 7) is 0. The van der Waals surface area contributed by atoms with Crippen molar-refractivity contribution < 1.29 is 0 Å². The molecule has 12 rings (SSSR count). The number of aromatic nitrogens is 1. The van der Waals surface area contributed by atoms with Crippen molar-refractivity contribution in [3.8, 4) is 27.9 Å². The molecule has 1 spiro atoms. The lowest BCUT2D eigenvalue weighted by Crippen LogP contribution is -2.20. The summed E-state index contributed by atoms with van der Waals surface area (Å²) in [6, 6.07) is 72.3. The van der Waals surface area contributed by atoms with Gasteiger partial charge in [0.1, 0.15) is 0 Å². The second-order valence-electron chi connectivity index (χ2n) is 16.0. The molecule has 57 heavy (non-hydrogen) atoms. The van der Waals surface area contributed by atoms with Crippen LogP contribution in [-0.2, 0) is 5.41 Å². The van der Waals surface area contributed by atoms with Gasteiger partial charge in [-0.2, -0.15) is 0 Å². The average molecular weight is 729 g/mol. The van der Waals surface area contributed by atoms with Crippen LogP contribution in [0.15, 0.2) is 194 Å². The zero-order chi connectivity index (χ0) is 37.5. The van der Waals surface area contributed by atoms with Gasteiger partial charge in [0, 0.05) is 38.6 Å². The van der Waals surface area contributed by atoms with Gasteiger partial charge in [0.2, 0.25) is 0 Å². The Morgan fingerprint density at radius 3 is 1.88 bits per heavy atom. The molecule has 0 amide bonds. The van der Waals surface area contributed by atoms with E-state index in [2.05, 4.69) is 204 Å². The van der Waals surface area contributed by atoms with Gasteiger partial charge >= 0.3 is 0 Å². The van der Waals surface area contributed by atoms with E-state index in [1.165, 1.54) is 102 Å². The van der Waals surface area contributed by atoms with Gasteiger partial charge in [-0.1, -0.05) is 152 Å². The van der Waals surface area contributed by atoms with E-state index in [4.69, 9.17) is 0 Å². The van der Waals surface area contributed by atoms with Gasteiger partial charge in [0.05, 0.1) is 16.7 Å². The molecular formula is C55H40N2. The topological polar surface area (TPSA) is 8.17 Å². The third-order valence-electron chi connectivity index (χ3n) is 13.1. The Bertz CT molecular complexity index is 3180. The van der Waals surface area contributed by atoms with Crippen LogP contribution in [0.4, 0.5) is 17.1 Å². The second-order valence-corrected chi connectivity index (χ2v) is 16.0. The Morgan fingerprint density at radius 2 is 1.04 bits per heavy atom. The Labute approximate surface area is 332 Å². The maximum Gasteiger partial charge on any atom is 0.0561 e. The fourth-order valence-electron chi connectivity index (χ4n) is 10.6. The molecule has 2 aliphatic rings. The Balaban J connectivity index is 1.05. The highest BCUT2D eigenvalue weighted by Crippen LogP contribution is 2.57. The number of benzene rings is 9. The smallest absolute Gasteiger partial charge is 0.0561 e. The highest BCUT2D eigenvalue weighted by atomic mass is 15.1. The van der Waals surface area contributed by atoms with Crippen molar-refractivity contribution in [3.63, 3.8) is 0 Å². The van der Waals surface area contributed by atoms with Gasteiger partial charge in [-0.15, -0.1) is 0 Å². The molecule has 0 bridgehead atoms. The normalized spacial score (nSPS) is 14.2. The molecule has 270 valence electrons. The van der Waals surface area contributed by atoms with Crippen LogP contribution in [0.2, 0.25) is 0 Å². The van der Waals surface area contributed by atoms with Crippen molar-refractivity contribution in [1.29, 1.82) is 0 Å². The number of anilines is 3. The van der Waals surface area contributed by atoms with Gasteiger partial charge in [-0.25, -0.2) is 0 Å². The van der Waals surface area contributed by atoms with E-state index in [1.807, 2.05) is 0 Å². The molecule has 10 aromatic rings. The van der Waals surface area contributed by atoms with Crippen LogP contribution in [0.3, 0.4) is 0 Å². The zero-order valence-electron chi connectivity index (χ0n) is 31.7. The van der Waals surface area contributed by atoms with E-state index in [0.717, 1.165) is 22.7 Å². The first kappa shape index (κ1) is 32.4. The molecule has 9 aromatic carbocycles. The largest absolute Gasteiger partial charge is 0.310 e. The maximum atomic E-state index is 2.51. The Kier molecular flexibility index (Phi) is 7.13. The second kappa shape index (κ2) is 12.6. The van der Waals surface area contributed by atoms with E-state index in [-0.39, 0.29) is 5.41 Å². The number of fused-ring (bicyclic) bond motifs is 11. The van der Waals surface area contributed by atoms with Gasteiger partial charge in [0.25, 0.3) is 0 Å². The maximum absolute atomic E-state index is 2.51. The minimum absolute atomic E-state index is 0.149. The summed E-state index contributed by atoms with van der Waals surface area (Å²) >= 11 is 0. The molecule has 0 N–H and O–H groups in total. The molecule has 1 fully saturated rings. The molecule has 1 heterocycles. The fraction of sp³-hybridized carbons (Fsp3) is 0.0909. The minimum Gasteiger partial charge on any atom is -0.310 e. The Morgan fingerprint density at radius 1 is 0.404 bits per heavy atom. The summed E-state index contributed by atoms with van der Waals surface area (Å²) < 4.78 is 2.41. The van der Waals surface area contributed by atoms with Crippen LogP contribution in [-0.4, -0.2) is 4.57 Å². The number of rotatable bonds is 5. The molecule has 1 saturated carbocycles. The van der Waals surface area contributed by atoms with Crippen molar-refractivity contribution in [3.05, 3.63) is 205 Å². The van der Waals surface area contributed by atoms with Gasteiger partial charge in [0.15, 0.2) is 0 Å². The van der Waals surface area contributed by atoms with Crippen molar-refractivity contribution >= 4 is 60.4 Å². The number of hydrogen-bond acceptors (Lipinski definition) is 1. The highest BCUT2D eigenvalue weighted by molar-refractivity contribution is 6.15. The van der Waals surface area contributed by atoms with Crippen LogP contribution in [0, 0.1) is 0 Å². The molecule has 1 aromatic heterocycles. The molecule has 2 nitrogen and oxygen atoms in total. The predicted molar refractivity (Wildman–Crippen MR) is 241 cm³/mol. The van der Waals surface area contributed by atoms with E-state index in [1.54, 1.807) is 0 Å². The number of nitrogens with zero attached hydrogens (tertiary/aromatic N) is 2.